The fourth-order valence-electron chi connectivity index (χ4n) is 4.99. The van der Waals surface area contributed by atoms with E-state index in [0.29, 0.717) is 30.6 Å². The minimum absolute atomic E-state index is 0.195. The second-order valence-electron chi connectivity index (χ2n) is 10.5. The van der Waals surface area contributed by atoms with Crippen molar-refractivity contribution in [2.45, 2.75) is 105 Å². The van der Waals surface area contributed by atoms with Crippen LogP contribution in [0.3, 0.4) is 0 Å². The van der Waals surface area contributed by atoms with Crippen LogP contribution in [-0.4, -0.2) is 33.6 Å². The van der Waals surface area contributed by atoms with Crippen LogP contribution in [0.25, 0.3) is 0 Å². The highest BCUT2D eigenvalue weighted by Gasteiger charge is 2.36. The van der Waals surface area contributed by atoms with Gasteiger partial charge in [0.05, 0.1) is 18.3 Å². The van der Waals surface area contributed by atoms with Gasteiger partial charge in [-0.3, -0.25) is 0 Å². The molecule has 0 saturated heterocycles. The summed E-state index contributed by atoms with van der Waals surface area (Å²) in [4.78, 5) is 0. The van der Waals surface area contributed by atoms with Crippen molar-refractivity contribution in [1.82, 2.24) is 0 Å². The smallest absolute Gasteiger partial charge is 0.0777 e. The minimum Gasteiger partial charge on any atom is -0.393 e. The van der Waals surface area contributed by atoms with Crippen LogP contribution in [0.4, 0.5) is 0 Å². The molecule has 0 aliphatic heterocycles. The Kier molecular flexibility index (Phi) is 8.75. The van der Waals surface area contributed by atoms with E-state index in [1.807, 2.05) is 6.92 Å². The molecule has 0 fully saturated rings. The lowest BCUT2D eigenvalue weighted by molar-refractivity contribution is 0.0823. The lowest BCUT2D eigenvalue weighted by atomic mass is 9.63. The summed E-state index contributed by atoms with van der Waals surface area (Å²) in [6.07, 6.45) is 11.9. The van der Waals surface area contributed by atoms with E-state index in [4.69, 9.17) is 0 Å². The molecule has 3 nitrogen and oxygen atoms in total. The SMILES string of the molecule is CC1=C(C=CC2=CCC[C@](C)([C@H](C)[C@H](C)CC[C@@H](O)C(C)C)C2)C[C@@H](O)C[C@@H]1O. The van der Waals surface area contributed by atoms with Gasteiger partial charge in [-0.1, -0.05) is 58.4 Å². The third-order valence-corrected chi connectivity index (χ3v) is 7.83. The van der Waals surface area contributed by atoms with Crippen LogP contribution in [0, 0.1) is 23.2 Å². The van der Waals surface area contributed by atoms with Crippen molar-refractivity contribution in [2.24, 2.45) is 23.2 Å². The molecule has 0 saturated carbocycles. The molecule has 0 aromatic carbocycles. The molecule has 2 aliphatic carbocycles. The van der Waals surface area contributed by atoms with E-state index in [1.54, 1.807) is 0 Å². The number of aliphatic hydroxyl groups excluding tert-OH is 3. The molecule has 0 aromatic heterocycles. The van der Waals surface area contributed by atoms with Crippen LogP contribution in [0.1, 0.15) is 86.5 Å². The third-order valence-electron chi connectivity index (χ3n) is 7.83. The molecule has 0 amide bonds. The van der Waals surface area contributed by atoms with Gasteiger partial charge < -0.3 is 15.3 Å². The summed E-state index contributed by atoms with van der Waals surface area (Å²) in [6.45, 7) is 13.3. The van der Waals surface area contributed by atoms with Crippen LogP contribution >= 0.6 is 0 Å². The van der Waals surface area contributed by atoms with E-state index in [1.165, 1.54) is 12.0 Å². The Morgan fingerprint density at radius 1 is 1.14 bits per heavy atom. The van der Waals surface area contributed by atoms with E-state index < -0.39 is 12.2 Å². The van der Waals surface area contributed by atoms with Crippen molar-refractivity contribution in [3.05, 3.63) is 34.9 Å². The van der Waals surface area contributed by atoms with Crippen molar-refractivity contribution >= 4 is 0 Å². The Morgan fingerprint density at radius 2 is 1.83 bits per heavy atom. The summed E-state index contributed by atoms with van der Waals surface area (Å²) < 4.78 is 0. The Hall–Kier alpha value is -0.900. The normalized spacial score (nSPS) is 31.9. The van der Waals surface area contributed by atoms with E-state index >= 15 is 0 Å². The molecular weight excluding hydrogens is 360 g/mol. The molecule has 0 unspecified atom stereocenters. The van der Waals surface area contributed by atoms with Crippen LogP contribution in [0.2, 0.25) is 0 Å². The van der Waals surface area contributed by atoms with Crippen molar-refractivity contribution in [3.8, 4) is 0 Å². The summed E-state index contributed by atoms with van der Waals surface area (Å²) in [6, 6.07) is 0. The molecule has 3 heteroatoms. The highest BCUT2D eigenvalue weighted by Crippen LogP contribution is 2.46. The van der Waals surface area contributed by atoms with Crippen molar-refractivity contribution in [2.75, 3.05) is 0 Å². The first-order valence-electron chi connectivity index (χ1n) is 11.6. The summed E-state index contributed by atoms with van der Waals surface area (Å²) in [5.74, 6) is 1.51. The third kappa shape index (κ3) is 6.54. The van der Waals surface area contributed by atoms with E-state index in [0.717, 1.165) is 36.8 Å². The monoisotopic (exact) mass is 404 g/mol. The van der Waals surface area contributed by atoms with Gasteiger partial charge in [-0.15, -0.1) is 0 Å². The Balaban J connectivity index is 2.01. The van der Waals surface area contributed by atoms with E-state index in [9.17, 15) is 15.3 Å². The molecule has 29 heavy (non-hydrogen) atoms. The summed E-state index contributed by atoms with van der Waals surface area (Å²) in [5.41, 5.74) is 3.71. The number of hydrogen-bond donors (Lipinski definition) is 3. The lowest BCUT2D eigenvalue weighted by Crippen LogP contribution is -2.32. The summed E-state index contributed by atoms with van der Waals surface area (Å²) in [5, 5.41) is 30.3. The molecular formula is C26H44O3. The van der Waals surface area contributed by atoms with Gasteiger partial charge in [0.1, 0.15) is 0 Å². The fourth-order valence-corrected chi connectivity index (χ4v) is 4.99. The standard InChI is InChI=1S/C26H44O3/c1-17(2)24(28)12-9-18(3)20(5)26(6)13-7-8-21(16-26)10-11-22-14-23(27)15-25(29)19(22)4/h8,10-11,17-18,20,23-25,27-29H,7,9,12-16H2,1-6H3/t18-,20-,23-,24-,25+,26+/m1/s1. The highest BCUT2D eigenvalue weighted by molar-refractivity contribution is 5.35. The zero-order chi connectivity index (χ0) is 21.8. The second kappa shape index (κ2) is 10.4. The first-order valence-corrected chi connectivity index (χ1v) is 11.6. The molecule has 0 bridgehead atoms. The number of hydrogen-bond acceptors (Lipinski definition) is 3. The van der Waals surface area contributed by atoms with Gasteiger partial charge >= 0.3 is 0 Å². The molecule has 3 N–H and O–H groups in total. The second-order valence-corrected chi connectivity index (χ2v) is 10.5. The van der Waals surface area contributed by atoms with Gasteiger partial charge in [0.25, 0.3) is 0 Å². The maximum Gasteiger partial charge on any atom is 0.0777 e. The quantitative estimate of drug-likeness (QED) is 0.496. The molecule has 0 aromatic rings. The average molecular weight is 405 g/mol. The molecule has 2 aliphatic rings. The van der Waals surface area contributed by atoms with Gasteiger partial charge in [-0.2, -0.15) is 0 Å². The largest absolute Gasteiger partial charge is 0.393 e. The summed E-state index contributed by atoms with van der Waals surface area (Å²) >= 11 is 0. The van der Waals surface area contributed by atoms with Gasteiger partial charge in [-0.05, 0) is 79.8 Å². The first-order chi connectivity index (χ1) is 13.5. The Morgan fingerprint density at radius 3 is 2.48 bits per heavy atom. The van der Waals surface area contributed by atoms with Crippen molar-refractivity contribution in [3.63, 3.8) is 0 Å². The van der Waals surface area contributed by atoms with Gasteiger partial charge in [0, 0.05) is 6.42 Å². The van der Waals surface area contributed by atoms with Gasteiger partial charge in [0.2, 0.25) is 0 Å². The molecule has 2 rings (SSSR count). The number of aliphatic hydroxyl groups is 3. The highest BCUT2D eigenvalue weighted by atomic mass is 16.3. The molecule has 6 atom stereocenters. The zero-order valence-corrected chi connectivity index (χ0v) is 19.5. The van der Waals surface area contributed by atoms with E-state index in [2.05, 4.69) is 52.8 Å². The topological polar surface area (TPSA) is 60.7 Å². The minimum atomic E-state index is -0.522. The lowest BCUT2D eigenvalue weighted by Gasteiger charge is -2.42. The van der Waals surface area contributed by atoms with E-state index in [-0.39, 0.29) is 11.5 Å². The molecule has 0 heterocycles. The Labute approximate surface area is 178 Å². The Bertz CT molecular complexity index is 630. The van der Waals surface area contributed by atoms with Crippen LogP contribution in [0.5, 0.6) is 0 Å². The average Bonchev–Trinajstić information content (AvgIpc) is 2.66. The molecule has 0 spiro atoms. The first kappa shape index (κ1) is 24.4. The summed E-state index contributed by atoms with van der Waals surface area (Å²) in [7, 11) is 0. The maximum atomic E-state index is 10.2. The maximum absolute atomic E-state index is 10.2. The molecule has 0 radical (unpaired) electrons. The van der Waals surface area contributed by atoms with Gasteiger partial charge in [-0.25, -0.2) is 0 Å². The zero-order valence-electron chi connectivity index (χ0n) is 19.5. The number of rotatable bonds is 8. The predicted molar refractivity (Wildman–Crippen MR) is 122 cm³/mol. The number of allylic oxidation sites excluding steroid dienone is 4. The van der Waals surface area contributed by atoms with Crippen LogP contribution < -0.4 is 0 Å². The fraction of sp³-hybridized carbons (Fsp3) is 0.769. The van der Waals surface area contributed by atoms with Crippen molar-refractivity contribution < 1.29 is 15.3 Å². The predicted octanol–water partition coefficient (Wildman–Crippen LogP) is 5.56. The molecule has 166 valence electrons. The van der Waals surface area contributed by atoms with Crippen molar-refractivity contribution in [1.29, 1.82) is 0 Å². The van der Waals surface area contributed by atoms with Crippen LogP contribution in [-0.2, 0) is 0 Å². The van der Waals surface area contributed by atoms with Crippen LogP contribution in [0.15, 0.2) is 34.9 Å². The van der Waals surface area contributed by atoms with Gasteiger partial charge in [0.15, 0.2) is 0 Å².